The van der Waals surface area contributed by atoms with E-state index in [1.54, 1.807) is 24.3 Å². The van der Waals surface area contributed by atoms with Gasteiger partial charge in [-0.3, -0.25) is 0 Å². The molecule has 0 aliphatic heterocycles. The summed E-state index contributed by atoms with van der Waals surface area (Å²) in [4.78, 5) is 0. The monoisotopic (exact) mass is 277 g/mol. The highest BCUT2D eigenvalue weighted by Crippen LogP contribution is 2.16. The van der Waals surface area contributed by atoms with Crippen molar-refractivity contribution >= 4 is 34.6 Å². The van der Waals surface area contributed by atoms with Crippen molar-refractivity contribution in [3.05, 3.63) is 59.7 Å². The Hall–Kier alpha value is -1.58. The van der Waals surface area contributed by atoms with Gasteiger partial charge in [0.1, 0.15) is 5.75 Å². The fourth-order valence-corrected chi connectivity index (χ4v) is 1.84. The number of anilines is 1. The lowest BCUT2D eigenvalue weighted by Crippen LogP contribution is -2.06. The van der Waals surface area contributed by atoms with E-state index < -0.39 is 0 Å². The lowest BCUT2D eigenvalue weighted by atomic mass is 10.2. The molecule has 2 aromatic carbocycles. The van der Waals surface area contributed by atoms with Crippen molar-refractivity contribution in [3.8, 4) is 5.75 Å². The second kappa shape index (κ2) is 5.85. The van der Waals surface area contributed by atoms with Crippen molar-refractivity contribution in [2.24, 2.45) is 0 Å². The molecular weight excluding hydrogens is 266 g/mol. The van der Waals surface area contributed by atoms with Crippen LogP contribution in [-0.2, 0) is 5.88 Å². The minimum atomic E-state index is 0.431. The van der Waals surface area contributed by atoms with Crippen LogP contribution in [0, 0.1) is 0 Å². The first kappa shape index (κ1) is 12.9. The van der Waals surface area contributed by atoms with E-state index in [0.29, 0.717) is 22.4 Å². The molecule has 18 heavy (non-hydrogen) atoms. The Bertz CT molecular complexity index is 537. The summed E-state index contributed by atoms with van der Waals surface area (Å²) in [5.41, 5.74) is 8.20. The molecule has 4 heteroatoms. The summed E-state index contributed by atoms with van der Waals surface area (Å²) < 4.78 is 5.57. The SMILES string of the molecule is Nc1ccc(OC(=S)c2ccc(CCl)cc2)cc1. The number of rotatable bonds is 3. The molecule has 0 bridgehead atoms. The predicted molar refractivity (Wildman–Crippen MR) is 79.2 cm³/mol. The van der Waals surface area contributed by atoms with Crippen LogP contribution in [0.5, 0.6) is 5.75 Å². The Morgan fingerprint density at radius 2 is 1.67 bits per heavy atom. The van der Waals surface area contributed by atoms with E-state index in [1.807, 2.05) is 24.3 Å². The average molecular weight is 278 g/mol. The van der Waals surface area contributed by atoms with Gasteiger partial charge >= 0.3 is 0 Å². The molecule has 0 saturated heterocycles. The zero-order valence-corrected chi connectivity index (χ0v) is 11.2. The third kappa shape index (κ3) is 3.22. The number of thiocarbonyl (C=S) groups is 1. The normalized spacial score (nSPS) is 10.1. The van der Waals surface area contributed by atoms with Crippen LogP contribution in [0.25, 0.3) is 0 Å². The van der Waals surface area contributed by atoms with Gasteiger partial charge < -0.3 is 10.5 Å². The Morgan fingerprint density at radius 3 is 2.22 bits per heavy atom. The smallest absolute Gasteiger partial charge is 0.198 e. The minimum absolute atomic E-state index is 0.431. The molecule has 0 saturated carbocycles. The average Bonchev–Trinajstić information content (AvgIpc) is 2.41. The standard InChI is InChI=1S/C14H12ClNOS/c15-9-10-1-3-11(4-2-10)14(18)17-13-7-5-12(16)6-8-13/h1-8H,9,16H2. The molecule has 0 spiro atoms. The van der Waals surface area contributed by atoms with Gasteiger partial charge in [0.05, 0.1) is 0 Å². The predicted octanol–water partition coefficient (Wildman–Crippen LogP) is 3.76. The van der Waals surface area contributed by atoms with Gasteiger partial charge in [0, 0.05) is 17.1 Å². The van der Waals surface area contributed by atoms with Crippen LogP contribution in [0.1, 0.15) is 11.1 Å². The maximum absolute atomic E-state index is 5.73. The lowest BCUT2D eigenvalue weighted by molar-refractivity contribution is 0.567. The number of hydrogen-bond acceptors (Lipinski definition) is 3. The van der Waals surface area contributed by atoms with Crippen molar-refractivity contribution in [1.29, 1.82) is 0 Å². The zero-order valence-electron chi connectivity index (χ0n) is 9.60. The van der Waals surface area contributed by atoms with E-state index in [4.69, 9.17) is 34.3 Å². The van der Waals surface area contributed by atoms with E-state index in [0.717, 1.165) is 11.1 Å². The number of alkyl halides is 1. The molecule has 0 amide bonds. The molecule has 2 nitrogen and oxygen atoms in total. The Balaban J connectivity index is 2.09. The second-order valence-electron chi connectivity index (χ2n) is 3.79. The van der Waals surface area contributed by atoms with Gasteiger partial charge in [-0.2, -0.15) is 0 Å². The molecule has 0 atom stereocenters. The van der Waals surface area contributed by atoms with E-state index in [2.05, 4.69) is 0 Å². The van der Waals surface area contributed by atoms with Crippen LogP contribution in [-0.4, -0.2) is 5.05 Å². The van der Waals surface area contributed by atoms with Crippen LogP contribution >= 0.6 is 23.8 Å². The number of benzene rings is 2. The first-order valence-electron chi connectivity index (χ1n) is 5.41. The summed E-state index contributed by atoms with van der Waals surface area (Å²) >= 11 is 11.0. The van der Waals surface area contributed by atoms with E-state index in [-0.39, 0.29) is 0 Å². The van der Waals surface area contributed by atoms with Crippen molar-refractivity contribution in [1.82, 2.24) is 0 Å². The fraction of sp³-hybridized carbons (Fsp3) is 0.0714. The number of ether oxygens (including phenoxy) is 1. The first-order chi connectivity index (χ1) is 8.69. The second-order valence-corrected chi connectivity index (χ2v) is 4.43. The summed E-state index contributed by atoms with van der Waals surface area (Å²) in [7, 11) is 0. The van der Waals surface area contributed by atoms with Crippen LogP contribution in [0.15, 0.2) is 48.5 Å². The van der Waals surface area contributed by atoms with Gasteiger partial charge in [-0.25, -0.2) is 0 Å². The third-order valence-corrected chi connectivity index (χ3v) is 3.06. The summed E-state index contributed by atoms with van der Waals surface area (Å²) in [6.07, 6.45) is 0. The topological polar surface area (TPSA) is 35.2 Å². The van der Waals surface area contributed by atoms with E-state index in [9.17, 15) is 0 Å². The van der Waals surface area contributed by atoms with Gasteiger partial charge in [-0.05, 0) is 42.0 Å². The molecular formula is C14H12ClNOS. The molecule has 2 aromatic rings. The van der Waals surface area contributed by atoms with Gasteiger partial charge in [0.15, 0.2) is 5.05 Å². The zero-order chi connectivity index (χ0) is 13.0. The highest BCUT2D eigenvalue weighted by atomic mass is 35.5. The van der Waals surface area contributed by atoms with Crippen molar-refractivity contribution < 1.29 is 4.74 Å². The Kier molecular flexibility index (Phi) is 4.18. The summed E-state index contributed by atoms with van der Waals surface area (Å²) in [5, 5.41) is 0.431. The minimum Gasteiger partial charge on any atom is -0.445 e. The summed E-state index contributed by atoms with van der Waals surface area (Å²) in [6, 6.07) is 14.8. The highest BCUT2D eigenvalue weighted by Gasteiger charge is 2.04. The van der Waals surface area contributed by atoms with Gasteiger partial charge in [-0.1, -0.05) is 24.3 Å². The molecule has 92 valence electrons. The lowest BCUT2D eigenvalue weighted by Gasteiger charge is -2.07. The maximum atomic E-state index is 5.73. The fourth-order valence-electron chi connectivity index (χ4n) is 1.43. The Morgan fingerprint density at radius 1 is 1.06 bits per heavy atom. The van der Waals surface area contributed by atoms with Gasteiger partial charge in [0.2, 0.25) is 0 Å². The molecule has 0 aromatic heterocycles. The molecule has 0 fully saturated rings. The maximum Gasteiger partial charge on any atom is 0.198 e. The van der Waals surface area contributed by atoms with Crippen LogP contribution in [0.3, 0.4) is 0 Å². The molecule has 0 aliphatic rings. The number of hydrogen-bond donors (Lipinski definition) is 1. The summed E-state index contributed by atoms with van der Waals surface area (Å²) in [5.74, 6) is 1.17. The van der Waals surface area contributed by atoms with Crippen LogP contribution in [0.2, 0.25) is 0 Å². The molecule has 2 N–H and O–H groups in total. The molecule has 2 rings (SSSR count). The molecule has 0 heterocycles. The van der Waals surface area contributed by atoms with Gasteiger partial charge in [0.25, 0.3) is 0 Å². The molecule has 0 unspecified atom stereocenters. The van der Waals surface area contributed by atoms with Gasteiger partial charge in [-0.15, -0.1) is 11.6 Å². The quantitative estimate of drug-likeness (QED) is 0.527. The number of nitrogens with two attached hydrogens (primary N) is 1. The van der Waals surface area contributed by atoms with E-state index >= 15 is 0 Å². The third-order valence-electron chi connectivity index (χ3n) is 2.43. The first-order valence-corrected chi connectivity index (χ1v) is 6.36. The summed E-state index contributed by atoms with van der Waals surface area (Å²) in [6.45, 7) is 0. The highest BCUT2D eigenvalue weighted by molar-refractivity contribution is 7.80. The number of nitrogen functional groups attached to an aromatic ring is 1. The molecule has 0 aliphatic carbocycles. The largest absolute Gasteiger partial charge is 0.445 e. The van der Waals surface area contributed by atoms with E-state index in [1.165, 1.54) is 0 Å². The van der Waals surface area contributed by atoms with Crippen molar-refractivity contribution in [3.63, 3.8) is 0 Å². The van der Waals surface area contributed by atoms with Crippen molar-refractivity contribution in [2.45, 2.75) is 5.88 Å². The molecule has 0 radical (unpaired) electrons. The van der Waals surface area contributed by atoms with Crippen molar-refractivity contribution in [2.75, 3.05) is 5.73 Å². The van der Waals surface area contributed by atoms with Crippen LogP contribution in [0.4, 0.5) is 5.69 Å². The van der Waals surface area contributed by atoms with Crippen LogP contribution < -0.4 is 10.5 Å². The Labute approximate surface area is 116 Å². The number of halogens is 1.